The van der Waals surface area contributed by atoms with E-state index in [1.54, 1.807) is 0 Å². The van der Waals surface area contributed by atoms with Crippen LogP contribution in [0.15, 0.2) is 48.5 Å². The van der Waals surface area contributed by atoms with Gasteiger partial charge in [0.25, 0.3) is 0 Å². The molecule has 1 amide bonds. The number of nitrogens with one attached hydrogen (secondary N) is 1. The van der Waals surface area contributed by atoms with Crippen molar-refractivity contribution in [1.82, 2.24) is 0 Å². The van der Waals surface area contributed by atoms with Gasteiger partial charge in [-0.3, -0.25) is 4.79 Å². The summed E-state index contributed by atoms with van der Waals surface area (Å²) in [7, 11) is 0. The van der Waals surface area contributed by atoms with Gasteiger partial charge in [0.15, 0.2) is 0 Å². The van der Waals surface area contributed by atoms with E-state index in [1.165, 1.54) is 5.56 Å². The number of nitrogens with two attached hydrogens (primary N) is 1. The molecule has 2 aromatic carbocycles. The van der Waals surface area contributed by atoms with Gasteiger partial charge in [0.05, 0.1) is 6.42 Å². The minimum Gasteiger partial charge on any atom is -0.399 e. The largest absolute Gasteiger partial charge is 0.399 e. The summed E-state index contributed by atoms with van der Waals surface area (Å²) in [5, 5.41) is 2.91. The molecule has 0 spiro atoms. The molecule has 0 aliphatic carbocycles. The molecule has 110 valence electrons. The van der Waals surface area contributed by atoms with Crippen LogP contribution in [0.25, 0.3) is 0 Å². The maximum atomic E-state index is 12.0. The molecule has 0 fully saturated rings. The average Bonchev–Trinajstić information content (AvgIpc) is 2.47. The molecule has 2 aromatic rings. The average molecular weight is 282 g/mol. The van der Waals surface area contributed by atoms with Crippen LogP contribution in [0, 0.1) is 0 Å². The van der Waals surface area contributed by atoms with Gasteiger partial charge in [-0.15, -0.1) is 0 Å². The zero-order chi connectivity index (χ0) is 15.2. The van der Waals surface area contributed by atoms with Crippen LogP contribution >= 0.6 is 0 Å². The molecule has 0 saturated heterocycles. The van der Waals surface area contributed by atoms with E-state index in [-0.39, 0.29) is 5.91 Å². The van der Waals surface area contributed by atoms with Crippen molar-refractivity contribution in [2.24, 2.45) is 0 Å². The van der Waals surface area contributed by atoms with Crippen LogP contribution in [0.2, 0.25) is 0 Å². The highest BCUT2D eigenvalue weighted by Gasteiger charge is 2.06. The van der Waals surface area contributed by atoms with Gasteiger partial charge >= 0.3 is 0 Å². The topological polar surface area (TPSA) is 55.1 Å². The normalized spacial score (nSPS) is 11.9. The molecule has 2 rings (SSSR count). The van der Waals surface area contributed by atoms with Crippen LogP contribution in [0.4, 0.5) is 11.4 Å². The molecule has 0 aromatic heterocycles. The smallest absolute Gasteiger partial charge is 0.228 e. The van der Waals surface area contributed by atoms with Gasteiger partial charge in [-0.25, -0.2) is 0 Å². The number of amides is 1. The van der Waals surface area contributed by atoms with E-state index in [0.717, 1.165) is 17.7 Å². The fraction of sp³-hybridized carbons (Fsp3) is 0.278. The number of rotatable bonds is 5. The van der Waals surface area contributed by atoms with Crippen LogP contribution in [-0.2, 0) is 11.2 Å². The van der Waals surface area contributed by atoms with Crippen LogP contribution in [0.1, 0.15) is 37.3 Å². The molecule has 3 N–H and O–H groups in total. The highest BCUT2D eigenvalue weighted by molar-refractivity contribution is 5.92. The minimum absolute atomic E-state index is 0.0307. The van der Waals surface area contributed by atoms with E-state index in [4.69, 9.17) is 5.73 Å². The molecular formula is C18H22N2O. The Hall–Kier alpha value is -2.29. The molecule has 0 heterocycles. The standard InChI is InChI=1S/C18H22N2O/c1-3-13(2)15-7-9-17(10-8-15)20-18(21)12-14-5-4-6-16(19)11-14/h4-11,13H,3,12,19H2,1-2H3,(H,20,21). The Kier molecular flexibility index (Phi) is 4.99. The van der Waals surface area contributed by atoms with Crippen molar-refractivity contribution in [3.63, 3.8) is 0 Å². The summed E-state index contributed by atoms with van der Waals surface area (Å²) < 4.78 is 0. The van der Waals surface area contributed by atoms with E-state index in [0.29, 0.717) is 18.0 Å². The van der Waals surface area contributed by atoms with Gasteiger partial charge in [-0.1, -0.05) is 38.1 Å². The number of anilines is 2. The Morgan fingerprint density at radius 2 is 1.90 bits per heavy atom. The first-order chi connectivity index (χ1) is 10.1. The van der Waals surface area contributed by atoms with Crippen LogP contribution < -0.4 is 11.1 Å². The van der Waals surface area contributed by atoms with E-state index >= 15 is 0 Å². The second-order valence-corrected chi connectivity index (χ2v) is 5.40. The third-order valence-electron chi connectivity index (χ3n) is 3.69. The predicted octanol–water partition coefficient (Wildman–Crippen LogP) is 3.96. The number of hydrogen-bond acceptors (Lipinski definition) is 2. The van der Waals surface area contributed by atoms with E-state index in [9.17, 15) is 4.79 Å². The Morgan fingerprint density at radius 3 is 2.52 bits per heavy atom. The number of nitrogen functional groups attached to an aromatic ring is 1. The second kappa shape index (κ2) is 6.93. The van der Waals surface area contributed by atoms with Gasteiger partial charge in [-0.05, 0) is 47.7 Å². The van der Waals surface area contributed by atoms with E-state index in [1.807, 2.05) is 36.4 Å². The molecule has 0 aliphatic rings. The maximum Gasteiger partial charge on any atom is 0.228 e. The molecule has 0 saturated carbocycles. The van der Waals surface area contributed by atoms with E-state index < -0.39 is 0 Å². The highest BCUT2D eigenvalue weighted by atomic mass is 16.1. The van der Waals surface area contributed by atoms with Gasteiger partial charge in [-0.2, -0.15) is 0 Å². The maximum absolute atomic E-state index is 12.0. The summed E-state index contributed by atoms with van der Waals surface area (Å²) >= 11 is 0. The lowest BCUT2D eigenvalue weighted by atomic mass is 9.98. The zero-order valence-electron chi connectivity index (χ0n) is 12.6. The first-order valence-electron chi connectivity index (χ1n) is 7.32. The number of carbonyl (C=O) groups is 1. The molecule has 3 heteroatoms. The lowest BCUT2D eigenvalue weighted by molar-refractivity contribution is -0.115. The summed E-state index contributed by atoms with van der Waals surface area (Å²) in [6, 6.07) is 15.5. The number of carbonyl (C=O) groups excluding carboxylic acids is 1. The molecule has 1 unspecified atom stereocenters. The fourth-order valence-electron chi connectivity index (χ4n) is 2.22. The molecule has 0 aliphatic heterocycles. The first kappa shape index (κ1) is 15.1. The third kappa shape index (κ3) is 4.35. The van der Waals surface area contributed by atoms with Crippen LogP contribution in [-0.4, -0.2) is 5.91 Å². The molecule has 3 nitrogen and oxygen atoms in total. The van der Waals surface area contributed by atoms with Crippen LogP contribution in [0.3, 0.4) is 0 Å². The molecule has 1 atom stereocenters. The first-order valence-corrected chi connectivity index (χ1v) is 7.32. The summed E-state index contributed by atoms with van der Waals surface area (Å²) in [4.78, 5) is 12.0. The number of hydrogen-bond donors (Lipinski definition) is 2. The SMILES string of the molecule is CCC(C)c1ccc(NC(=O)Cc2cccc(N)c2)cc1. The fourth-order valence-corrected chi connectivity index (χ4v) is 2.22. The highest BCUT2D eigenvalue weighted by Crippen LogP contribution is 2.20. The monoisotopic (exact) mass is 282 g/mol. The molecular weight excluding hydrogens is 260 g/mol. The lowest BCUT2D eigenvalue weighted by Gasteiger charge is -2.10. The van der Waals surface area contributed by atoms with Gasteiger partial charge in [0.1, 0.15) is 0 Å². The quantitative estimate of drug-likeness (QED) is 0.815. The zero-order valence-corrected chi connectivity index (χ0v) is 12.6. The van der Waals surface area contributed by atoms with Gasteiger partial charge < -0.3 is 11.1 Å². The van der Waals surface area contributed by atoms with Gasteiger partial charge in [0.2, 0.25) is 5.91 Å². The van der Waals surface area contributed by atoms with Crippen molar-refractivity contribution < 1.29 is 4.79 Å². The van der Waals surface area contributed by atoms with Crippen LogP contribution in [0.5, 0.6) is 0 Å². The molecule has 0 bridgehead atoms. The van der Waals surface area contributed by atoms with Crippen molar-refractivity contribution >= 4 is 17.3 Å². The summed E-state index contributed by atoms with van der Waals surface area (Å²) in [5.74, 6) is 0.513. The predicted molar refractivity (Wildman–Crippen MR) is 88.3 cm³/mol. The Morgan fingerprint density at radius 1 is 1.19 bits per heavy atom. The van der Waals surface area contributed by atoms with Crippen molar-refractivity contribution in [2.45, 2.75) is 32.6 Å². The summed E-state index contributed by atoms with van der Waals surface area (Å²) in [6.45, 7) is 4.37. The Balaban J connectivity index is 1.96. The molecule has 0 radical (unpaired) electrons. The Labute approximate surface area is 126 Å². The van der Waals surface area contributed by atoms with Gasteiger partial charge in [0, 0.05) is 11.4 Å². The van der Waals surface area contributed by atoms with Crippen molar-refractivity contribution in [1.29, 1.82) is 0 Å². The summed E-state index contributed by atoms with van der Waals surface area (Å²) in [6.07, 6.45) is 1.44. The number of benzene rings is 2. The van der Waals surface area contributed by atoms with Crippen molar-refractivity contribution in [2.75, 3.05) is 11.1 Å². The minimum atomic E-state index is -0.0307. The third-order valence-corrected chi connectivity index (χ3v) is 3.69. The van der Waals surface area contributed by atoms with Crippen molar-refractivity contribution in [3.05, 3.63) is 59.7 Å². The summed E-state index contributed by atoms with van der Waals surface area (Å²) in [5.41, 5.74) is 9.44. The second-order valence-electron chi connectivity index (χ2n) is 5.40. The lowest BCUT2D eigenvalue weighted by Crippen LogP contribution is -2.14. The molecule has 21 heavy (non-hydrogen) atoms. The van der Waals surface area contributed by atoms with E-state index in [2.05, 4.69) is 31.3 Å². The Bertz CT molecular complexity index is 605. The van der Waals surface area contributed by atoms with Crippen molar-refractivity contribution in [3.8, 4) is 0 Å².